The number of carbonyl (C=O) groups excluding carboxylic acids is 2. The Kier molecular flexibility index (Phi) is 6.45. The molecule has 0 heterocycles. The summed E-state index contributed by atoms with van der Waals surface area (Å²) in [5.41, 5.74) is -1.58. The van der Waals surface area contributed by atoms with E-state index in [1.807, 2.05) is 0 Å². The molecular formula is C21H20Cl2O6S. The van der Waals surface area contributed by atoms with E-state index >= 15 is 0 Å². The molecule has 160 valence electrons. The standard InChI is InChI=1S/C21H20Cl2O6S/c1-3-28-19(24)21(20(25)29-4-2)17(13-6-5-7-15(23)12-13)18(21)30(26,27)16-10-8-14(22)9-11-16/h5-12,17-18H,3-4H2,1-2H3/t17-,18+/m1/s1. The molecule has 1 saturated carbocycles. The van der Waals surface area contributed by atoms with Gasteiger partial charge in [-0.3, -0.25) is 9.59 Å². The molecule has 30 heavy (non-hydrogen) atoms. The summed E-state index contributed by atoms with van der Waals surface area (Å²) in [6.07, 6.45) is 0. The molecular weight excluding hydrogens is 451 g/mol. The summed E-state index contributed by atoms with van der Waals surface area (Å²) in [5, 5.41) is -0.690. The van der Waals surface area contributed by atoms with Crippen LogP contribution in [0.4, 0.5) is 0 Å². The summed E-state index contributed by atoms with van der Waals surface area (Å²) < 4.78 is 37.3. The van der Waals surface area contributed by atoms with Gasteiger partial charge < -0.3 is 9.47 Å². The highest BCUT2D eigenvalue weighted by molar-refractivity contribution is 7.92. The normalized spacial score (nSPS) is 19.7. The quantitative estimate of drug-likeness (QED) is 0.448. The van der Waals surface area contributed by atoms with Gasteiger partial charge in [0.05, 0.1) is 18.1 Å². The molecule has 1 aliphatic carbocycles. The fraction of sp³-hybridized carbons (Fsp3) is 0.333. The Balaban J connectivity index is 2.21. The van der Waals surface area contributed by atoms with Gasteiger partial charge in [-0.1, -0.05) is 35.3 Å². The first-order chi connectivity index (χ1) is 14.2. The van der Waals surface area contributed by atoms with Crippen molar-refractivity contribution in [2.24, 2.45) is 5.41 Å². The number of esters is 2. The van der Waals surface area contributed by atoms with Gasteiger partial charge in [-0.15, -0.1) is 0 Å². The summed E-state index contributed by atoms with van der Waals surface area (Å²) in [6.45, 7) is 3.12. The lowest BCUT2D eigenvalue weighted by molar-refractivity contribution is -0.164. The van der Waals surface area contributed by atoms with Crippen molar-refractivity contribution in [3.05, 3.63) is 64.1 Å². The minimum absolute atomic E-state index is 0.0179. The van der Waals surface area contributed by atoms with Gasteiger partial charge in [-0.25, -0.2) is 8.42 Å². The summed E-state index contributed by atoms with van der Waals surface area (Å²) >= 11 is 12.0. The first-order valence-corrected chi connectivity index (χ1v) is 11.6. The first-order valence-electron chi connectivity index (χ1n) is 9.30. The maximum absolute atomic E-state index is 13.5. The molecule has 0 radical (unpaired) electrons. The Bertz CT molecular complexity index is 1050. The van der Waals surface area contributed by atoms with Gasteiger partial charge in [-0.05, 0) is 55.8 Å². The van der Waals surface area contributed by atoms with E-state index in [4.69, 9.17) is 32.7 Å². The molecule has 0 saturated heterocycles. The van der Waals surface area contributed by atoms with E-state index in [0.29, 0.717) is 15.6 Å². The number of rotatable bonds is 7. The molecule has 1 aliphatic rings. The highest BCUT2D eigenvalue weighted by atomic mass is 35.5. The van der Waals surface area contributed by atoms with Crippen LogP contribution in [0, 0.1) is 5.41 Å². The summed E-state index contributed by atoms with van der Waals surface area (Å²) in [4.78, 5) is 26.0. The topological polar surface area (TPSA) is 86.7 Å². The van der Waals surface area contributed by atoms with Crippen LogP contribution in [0.25, 0.3) is 0 Å². The first kappa shape index (κ1) is 22.6. The lowest BCUT2D eigenvalue weighted by Gasteiger charge is -2.15. The maximum Gasteiger partial charge on any atom is 0.325 e. The van der Waals surface area contributed by atoms with E-state index in [2.05, 4.69) is 0 Å². The Morgan fingerprint density at radius 2 is 1.50 bits per heavy atom. The molecule has 0 unspecified atom stereocenters. The number of halogens is 2. The third-order valence-electron chi connectivity index (χ3n) is 5.04. The molecule has 2 aromatic carbocycles. The highest BCUT2D eigenvalue weighted by Crippen LogP contribution is 2.65. The second-order valence-electron chi connectivity index (χ2n) is 6.76. The van der Waals surface area contributed by atoms with Crippen molar-refractivity contribution in [3.8, 4) is 0 Å². The van der Waals surface area contributed by atoms with E-state index in [1.54, 1.807) is 32.0 Å². The van der Waals surface area contributed by atoms with E-state index < -0.39 is 38.4 Å². The number of sulfone groups is 1. The van der Waals surface area contributed by atoms with Gasteiger partial charge in [0.25, 0.3) is 0 Å². The van der Waals surface area contributed by atoms with Crippen LogP contribution in [0.2, 0.25) is 10.0 Å². The maximum atomic E-state index is 13.5. The zero-order chi connectivity index (χ0) is 22.1. The average molecular weight is 471 g/mol. The van der Waals surface area contributed by atoms with Gasteiger partial charge in [0, 0.05) is 16.0 Å². The molecule has 1 fully saturated rings. The number of hydrogen-bond acceptors (Lipinski definition) is 6. The zero-order valence-corrected chi connectivity index (χ0v) is 18.6. The summed E-state index contributed by atoms with van der Waals surface area (Å²) in [7, 11) is -4.13. The molecule has 0 aliphatic heterocycles. The minimum Gasteiger partial charge on any atom is -0.465 e. The van der Waals surface area contributed by atoms with Crippen LogP contribution in [0.3, 0.4) is 0 Å². The van der Waals surface area contributed by atoms with Crippen LogP contribution in [0.1, 0.15) is 25.3 Å². The van der Waals surface area contributed by atoms with E-state index in [9.17, 15) is 18.0 Å². The molecule has 2 aromatic rings. The lowest BCUT2D eigenvalue weighted by Crippen LogP contribution is -2.35. The SMILES string of the molecule is CCOC(=O)C1(C(=O)OCC)[C@H](c2cccc(Cl)c2)[C@@H]1S(=O)(=O)c1ccc(Cl)cc1. The fourth-order valence-corrected chi connectivity index (χ4v) is 6.37. The summed E-state index contributed by atoms with van der Waals surface area (Å²) in [5.74, 6) is -2.87. The minimum atomic E-state index is -4.13. The summed E-state index contributed by atoms with van der Waals surface area (Å²) in [6, 6.07) is 12.0. The van der Waals surface area contributed by atoms with Gasteiger partial charge in [0.1, 0.15) is 5.25 Å². The predicted molar refractivity (Wildman–Crippen MR) is 112 cm³/mol. The molecule has 2 atom stereocenters. The van der Waals surface area contributed by atoms with Gasteiger partial charge in [0.2, 0.25) is 0 Å². The highest BCUT2D eigenvalue weighted by Gasteiger charge is 2.81. The zero-order valence-electron chi connectivity index (χ0n) is 16.3. The van der Waals surface area contributed by atoms with Crippen LogP contribution in [0.15, 0.2) is 53.4 Å². The molecule has 0 amide bonds. The van der Waals surface area contributed by atoms with Crippen molar-refractivity contribution >= 4 is 45.0 Å². The fourth-order valence-electron chi connectivity index (χ4n) is 3.76. The molecule has 3 rings (SSSR count). The number of benzene rings is 2. The molecule has 0 spiro atoms. The number of hydrogen-bond donors (Lipinski definition) is 0. The molecule has 6 nitrogen and oxygen atoms in total. The van der Waals surface area contributed by atoms with Crippen molar-refractivity contribution in [1.82, 2.24) is 0 Å². The van der Waals surface area contributed by atoms with E-state index in [-0.39, 0.29) is 18.1 Å². The third kappa shape index (κ3) is 3.70. The smallest absolute Gasteiger partial charge is 0.325 e. The Hall–Kier alpha value is -2.09. The second-order valence-corrected chi connectivity index (χ2v) is 9.70. The number of ether oxygens (including phenoxy) is 2. The Morgan fingerprint density at radius 1 is 0.933 bits per heavy atom. The molecule has 0 aromatic heterocycles. The van der Waals surface area contributed by atoms with Gasteiger partial charge in [0.15, 0.2) is 15.3 Å². The predicted octanol–water partition coefficient (Wildman–Crippen LogP) is 4.05. The lowest BCUT2D eigenvalue weighted by atomic mass is 9.99. The van der Waals surface area contributed by atoms with Crippen LogP contribution >= 0.6 is 23.2 Å². The van der Waals surface area contributed by atoms with Crippen molar-refractivity contribution < 1.29 is 27.5 Å². The van der Waals surface area contributed by atoms with E-state index in [0.717, 1.165) is 0 Å². The monoisotopic (exact) mass is 470 g/mol. The van der Waals surface area contributed by atoms with Crippen molar-refractivity contribution in [1.29, 1.82) is 0 Å². The molecule has 0 bridgehead atoms. The van der Waals surface area contributed by atoms with Crippen LogP contribution in [-0.4, -0.2) is 38.8 Å². The van der Waals surface area contributed by atoms with Gasteiger partial charge in [-0.2, -0.15) is 0 Å². The third-order valence-corrected chi connectivity index (χ3v) is 7.77. The van der Waals surface area contributed by atoms with Crippen molar-refractivity contribution in [2.45, 2.75) is 29.9 Å². The van der Waals surface area contributed by atoms with Crippen LogP contribution < -0.4 is 0 Å². The van der Waals surface area contributed by atoms with Crippen molar-refractivity contribution in [2.75, 3.05) is 13.2 Å². The largest absolute Gasteiger partial charge is 0.465 e. The van der Waals surface area contributed by atoms with Crippen LogP contribution in [0.5, 0.6) is 0 Å². The van der Waals surface area contributed by atoms with E-state index in [1.165, 1.54) is 30.3 Å². The van der Waals surface area contributed by atoms with Gasteiger partial charge >= 0.3 is 11.9 Å². The average Bonchev–Trinajstić information content (AvgIpc) is 3.41. The molecule has 0 N–H and O–H groups in total. The Morgan fingerprint density at radius 3 is 2.00 bits per heavy atom. The number of carbonyl (C=O) groups is 2. The Labute approximate surface area is 185 Å². The second kappa shape index (κ2) is 8.57. The van der Waals surface area contributed by atoms with Crippen molar-refractivity contribution in [3.63, 3.8) is 0 Å². The molecule has 9 heteroatoms. The van der Waals surface area contributed by atoms with Crippen LogP contribution in [-0.2, 0) is 28.9 Å².